The van der Waals surface area contributed by atoms with Crippen LogP contribution in [0.5, 0.6) is 0 Å². The maximum absolute atomic E-state index is 12.2. The molecule has 0 saturated heterocycles. The minimum atomic E-state index is -3.56. The molecule has 0 heterocycles. The first-order chi connectivity index (χ1) is 9.27. The number of benzene rings is 1. The van der Waals surface area contributed by atoms with E-state index in [0.717, 1.165) is 0 Å². The monoisotopic (exact) mass is 316 g/mol. The Hall–Kier alpha value is -1.02. The molecule has 5 nitrogen and oxygen atoms in total. The van der Waals surface area contributed by atoms with Crippen molar-refractivity contribution in [1.82, 2.24) is 4.72 Å². The second-order valence-electron chi connectivity index (χ2n) is 4.46. The van der Waals surface area contributed by atoms with Crippen molar-refractivity contribution >= 4 is 27.2 Å². The molecule has 0 aliphatic heterocycles. The Morgan fingerprint density at radius 2 is 2.15 bits per heavy atom. The number of rotatable bonds is 7. The molecule has 0 fully saturated rings. The molecular formula is C13H20N2O3S2. The van der Waals surface area contributed by atoms with Gasteiger partial charge in [-0.25, -0.2) is 13.1 Å². The Labute approximate surface area is 125 Å². The fraction of sp³-hybridized carbons (Fsp3) is 0.462. The number of thiocarbonyl (C=S) groups is 1. The lowest BCUT2D eigenvalue weighted by Crippen LogP contribution is -2.32. The van der Waals surface area contributed by atoms with Crippen LogP contribution in [0.2, 0.25) is 0 Å². The van der Waals surface area contributed by atoms with Gasteiger partial charge in [-0.1, -0.05) is 18.3 Å². The third-order valence-electron chi connectivity index (χ3n) is 2.76. The van der Waals surface area contributed by atoms with Crippen LogP contribution in [0.15, 0.2) is 23.1 Å². The molecule has 112 valence electrons. The highest BCUT2D eigenvalue weighted by atomic mass is 32.2. The van der Waals surface area contributed by atoms with Crippen LogP contribution in [0.3, 0.4) is 0 Å². The van der Waals surface area contributed by atoms with Crippen molar-refractivity contribution < 1.29 is 13.2 Å². The summed E-state index contributed by atoms with van der Waals surface area (Å²) in [6.45, 7) is 6.16. The van der Waals surface area contributed by atoms with E-state index in [1.54, 1.807) is 19.1 Å². The van der Waals surface area contributed by atoms with Gasteiger partial charge in [0.2, 0.25) is 10.0 Å². The average molecular weight is 316 g/mol. The molecule has 1 aromatic rings. The highest BCUT2D eigenvalue weighted by molar-refractivity contribution is 7.89. The van der Waals surface area contributed by atoms with Crippen LogP contribution in [-0.2, 0) is 14.8 Å². The van der Waals surface area contributed by atoms with E-state index in [2.05, 4.69) is 4.72 Å². The third kappa shape index (κ3) is 4.52. The van der Waals surface area contributed by atoms with Crippen molar-refractivity contribution in [3.63, 3.8) is 0 Å². The minimum absolute atomic E-state index is 0.175. The van der Waals surface area contributed by atoms with E-state index >= 15 is 0 Å². The van der Waals surface area contributed by atoms with Crippen molar-refractivity contribution in [3.05, 3.63) is 29.3 Å². The zero-order chi connectivity index (χ0) is 15.3. The summed E-state index contributed by atoms with van der Waals surface area (Å²) in [7, 11) is -3.56. The Morgan fingerprint density at radius 1 is 1.50 bits per heavy atom. The smallest absolute Gasteiger partial charge is 0.240 e. The average Bonchev–Trinajstić information content (AvgIpc) is 2.36. The van der Waals surface area contributed by atoms with E-state index < -0.39 is 10.0 Å². The molecule has 0 spiro atoms. The molecule has 1 rings (SSSR count). The van der Waals surface area contributed by atoms with Crippen LogP contribution in [0.1, 0.15) is 25.0 Å². The van der Waals surface area contributed by atoms with Gasteiger partial charge in [0.1, 0.15) is 4.99 Å². The second kappa shape index (κ2) is 7.12. The maximum atomic E-state index is 12.2. The Kier molecular flexibility index (Phi) is 6.07. The van der Waals surface area contributed by atoms with Gasteiger partial charge in [-0.3, -0.25) is 0 Å². The fourth-order valence-electron chi connectivity index (χ4n) is 1.75. The number of hydrogen-bond donors (Lipinski definition) is 2. The van der Waals surface area contributed by atoms with Crippen LogP contribution in [-0.4, -0.2) is 32.7 Å². The molecule has 0 saturated carbocycles. The molecule has 1 atom stereocenters. The third-order valence-corrected chi connectivity index (χ3v) is 4.58. The lowest BCUT2D eigenvalue weighted by molar-refractivity contribution is 0.0799. The fourth-order valence-corrected chi connectivity index (χ4v) is 3.22. The summed E-state index contributed by atoms with van der Waals surface area (Å²) in [5, 5.41) is 0. The molecule has 0 bridgehead atoms. The first-order valence-corrected chi connectivity index (χ1v) is 8.18. The van der Waals surface area contributed by atoms with Crippen molar-refractivity contribution in [3.8, 4) is 0 Å². The Balaban J connectivity index is 2.90. The molecule has 0 aromatic heterocycles. The Bertz CT molecular complexity index is 585. The summed E-state index contributed by atoms with van der Waals surface area (Å²) in [6.07, 6.45) is -0.175. The van der Waals surface area contributed by atoms with Crippen molar-refractivity contribution in [2.45, 2.75) is 31.8 Å². The molecule has 0 amide bonds. The van der Waals surface area contributed by atoms with Crippen LogP contribution in [0.4, 0.5) is 0 Å². The molecule has 0 aliphatic carbocycles. The molecule has 3 N–H and O–H groups in total. The predicted octanol–water partition coefficient (Wildman–Crippen LogP) is 1.33. The summed E-state index contributed by atoms with van der Waals surface area (Å²) < 4.78 is 32.3. The molecule has 0 aliphatic rings. The van der Waals surface area contributed by atoms with Gasteiger partial charge in [0, 0.05) is 18.7 Å². The maximum Gasteiger partial charge on any atom is 0.240 e. The quantitative estimate of drug-likeness (QED) is 0.742. The number of ether oxygens (including phenoxy) is 1. The van der Waals surface area contributed by atoms with Crippen molar-refractivity contribution in [1.29, 1.82) is 0 Å². The van der Waals surface area contributed by atoms with Gasteiger partial charge in [-0.2, -0.15) is 0 Å². The largest absolute Gasteiger partial charge is 0.389 e. The van der Waals surface area contributed by atoms with Gasteiger partial charge in [0.25, 0.3) is 0 Å². The van der Waals surface area contributed by atoms with Gasteiger partial charge in [-0.05, 0) is 38.5 Å². The van der Waals surface area contributed by atoms with E-state index in [0.29, 0.717) is 17.7 Å². The molecule has 1 aromatic carbocycles. The normalized spacial score (nSPS) is 13.2. The first-order valence-electron chi connectivity index (χ1n) is 6.29. The lowest BCUT2D eigenvalue weighted by Gasteiger charge is -2.14. The van der Waals surface area contributed by atoms with Crippen LogP contribution >= 0.6 is 12.2 Å². The van der Waals surface area contributed by atoms with Gasteiger partial charge in [0.05, 0.1) is 11.0 Å². The standard InChI is InChI=1S/C13H20N2O3S2/c1-4-18-10(3)8-15-20(16,17)12-6-5-11(13(14)19)7-9(12)2/h5-7,10,15H,4,8H2,1-3H3,(H2,14,19). The zero-order valence-electron chi connectivity index (χ0n) is 11.8. The van der Waals surface area contributed by atoms with Crippen molar-refractivity contribution in [2.24, 2.45) is 5.73 Å². The summed E-state index contributed by atoms with van der Waals surface area (Å²) in [6, 6.07) is 4.79. The minimum Gasteiger partial charge on any atom is -0.389 e. The van der Waals surface area contributed by atoms with Crippen LogP contribution in [0, 0.1) is 6.92 Å². The topological polar surface area (TPSA) is 81.4 Å². The molecule has 7 heteroatoms. The Morgan fingerprint density at radius 3 is 2.65 bits per heavy atom. The molecule has 1 unspecified atom stereocenters. The van der Waals surface area contributed by atoms with Crippen molar-refractivity contribution in [2.75, 3.05) is 13.2 Å². The van der Waals surface area contributed by atoms with E-state index in [-0.39, 0.29) is 22.5 Å². The number of sulfonamides is 1. The van der Waals surface area contributed by atoms with Crippen LogP contribution < -0.4 is 10.5 Å². The molecule has 20 heavy (non-hydrogen) atoms. The van der Waals surface area contributed by atoms with E-state index in [9.17, 15) is 8.42 Å². The summed E-state index contributed by atoms with van der Waals surface area (Å²) >= 11 is 4.87. The SMILES string of the molecule is CCOC(C)CNS(=O)(=O)c1ccc(C(N)=S)cc1C. The lowest BCUT2D eigenvalue weighted by atomic mass is 10.1. The number of nitrogens with one attached hydrogen (secondary N) is 1. The highest BCUT2D eigenvalue weighted by Crippen LogP contribution is 2.16. The van der Waals surface area contributed by atoms with Gasteiger partial charge in [0.15, 0.2) is 0 Å². The summed E-state index contributed by atoms with van der Waals surface area (Å²) in [5.41, 5.74) is 6.78. The zero-order valence-corrected chi connectivity index (χ0v) is 13.5. The molecular weight excluding hydrogens is 296 g/mol. The number of nitrogens with two attached hydrogens (primary N) is 1. The van der Waals surface area contributed by atoms with Gasteiger partial charge >= 0.3 is 0 Å². The summed E-state index contributed by atoms with van der Waals surface area (Å²) in [5.74, 6) is 0. The van der Waals surface area contributed by atoms with E-state index in [1.807, 2.05) is 13.8 Å². The van der Waals surface area contributed by atoms with Crippen LogP contribution in [0.25, 0.3) is 0 Å². The van der Waals surface area contributed by atoms with Gasteiger partial charge in [-0.15, -0.1) is 0 Å². The highest BCUT2D eigenvalue weighted by Gasteiger charge is 2.18. The first kappa shape index (κ1) is 17.0. The van der Waals surface area contributed by atoms with E-state index in [4.69, 9.17) is 22.7 Å². The molecule has 0 radical (unpaired) electrons. The second-order valence-corrected chi connectivity index (χ2v) is 6.64. The number of hydrogen-bond acceptors (Lipinski definition) is 4. The predicted molar refractivity (Wildman–Crippen MR) is 83.3 cm³/mol. The summed E-state index contributed by atoms with van der Waals surface area (Å²) in [4.78, 5) is 0.469. The number of aryl methyl sites for hydroxylation is 1. The van der Waals surface area contributed by atoms with E-state index in [1.165, 1.54) is 6.07 Å². The van der Waals surface area contributed by atoms with Gasteiger partial charge < -0.3 is 10.5 Å².